The van der Waals surface area contributed by atoms with Gasteiger partial charge in [0.1, 0.15) is 5.75 Å². The van der Waals surface area contributed by atoms with Gasteiger partial charge in [-0.2, -0.15) is 0 Å². The number of methoxy groups -OCH3 is 1. The van der Waals surface area contributed by atoms with Crippen LogP contribution in [0.15, 0.2) is 84.9 Å². The summed E-state index contributed by atoms with van der Waals surface area (Å²) in [5, 5.41) is 29.2. The fraction of sp³-hybridized carbons (Fsp3) is 0.176. The van der Waals surface area contributed by atoms with Gasteiger partial charge < -0.3 is 25.0 Å². The van der Waals surface area contributed by atoms with E-state index in [0.717, 1.165) is 52.8 Å². The van der Waals surface area contributed by atoms with Crippen LogP contribution in [0.1, 0.15) is 77.0 Å². The first kappa shape index (κ1) is 29.1. The second-order valence-corrected chi connectivity index (χ2v) is 10.3. The number of hydrogen-bond acceptors (Lipinski definition) is 5. The molecular weight excluding hydrogens is 550 g/mol. The Morgan fingerprint density at radius 2 is 1.35 bits per heavy atom. The van der Waals surface area contributed by atoms with Crippen molar-refractivity contribution in [2.45, 2.75) is 31.8 Å². The molecule has 0 saturated carbocycles. The van der Waals surface area contributed by atoms with Gasteiger partial charge in [-0.3, -0.25) is 4.79 Å². The number of nitrogens with zero attached hydrogens (tertiary/aromatic N) is 1. The molecule has 0 aliphatic heterocycles. The van der Waals surface area contributed by atoms with Crippen LogP contribution in [0.25, 0.3) is 11.1 Å². The van der Waals surface area contributed by atoms with Crippen molar-refractivity contribution in [2.24, 2.45) is 0 Å². The number of aryl methyl sites for hydroxylation is 1. The van der Waals surface area contributed by atoms with E-state index in [1.807, 2.05) is 72.8 Å². The van der Waals surface area contributed by atoms with Crippen LogP contribution >= 0.6 is 0 Å². The number of para-hydroxylation sites is 1. The second kappa shape index (κ2) is 12.2. The molecule has 43 heavy (non-hydrogen) atoms. The first-order valence-electron chi connectivity index (χ1n) is 13.7. The maximum Gasteiger partial charge on any atom is 0.336 e. The summed E-state index contributed by atoms with van der Waals surface area (Å²) in [6.07, 6.45) is 2.24. The third kappa shape index (κ3) is 5.83. The molecule has 0 aromatic heterocycles. The molecule has 0 heterocycles. The van der Waals surface area contributed by atoms with E-state index in [0.29, 0.717) is 12.2 Å². The maximum atomic E-state index is 14.3. The molecular formula is C34H29NO8. The molecule has 0 bridgehead atoms. The van der Waals surface area contributed by atoms with Crippen molar-refractivity contribution in [1.29, 1.82) is 0 Å². The maximum absolute atomic E-state index is 14.3. The fourth-order valence-corrected chi connectivity index (χ4v) is 5.71. The van der Waals surface area contributed by atoms with Crippen molar-refractivity contribution in [1.82, 2.24) is 4.90 Å². The number of aromatic carboxylic acids is 3. The molecule has 1 atom stereocenters. The smallest absolute Gasteiger partial charge is 0.336 e. The van der Waals surface area contributed by atoms with Crippen molar-refractivity contribution in [3.8, 4) is 16.9 Å². The Kier molecular flexibility index (Phi) is 8.25. The number of rotatable bonds is 9. The summed E-state index contributed by atoms with van der Waals surface area (Å²) >= 11 is 0. The summed E-state index contributed by atoms with van der Waals surface area (Å²) in [6.45, 7) is 0.103. The van der Waals surface area contributed by atoms with Crippen LogP contribution in [0.3, 0.4) is 0 Å². The molecule has 1 aliphatic rings. The highest BCUT2D eigenvalue weighted by atomic mass is 16.5. The molecule has 0 radical (unpaired) electrons. The molecule has 1 amide bonds. The van der Waals surface area contributed by atoms with Crippen LogP contribution < -0.4 is 4.74 Å². The third-order valence-electron chi connectivity index (χ3n) is 7.78. The summed E-state index contributed by atoms with van der Waals surface area (Å²) in [5.41, 5.74) is 2.26. The number of ether oxygens (including phenoxy) is 1. The van der Waals surface area contributed by atoms with Gasteiger partial charge in [-0.05, 0) is 59.7 Å². The number of hydrogen-bond donors (Lipinski definition) is 3. The molecule has 0 unspecified atom stereocenters. The van der Waals surface area contributed by atoms with E-state index in [-0.39, 0.29) is 12.1 Å². The fourth-order valence-electron chi connectivity index (χ4n) is 5.71. The molecule has 5 rings (SSSR count). The predicted molar refractivity (Wildman–Crippen MR) is 158 cm³/mol. The Labute approximate surface area is 247 Å². The van der Waals surface area contributed by atoms with Crippen LogP contribution in [0.5, 0.6) is 5.75 Å². The van der Waals surface area contributed by atoms with Crippen molar-refractivity contribution in [3.63, 3.8) is 0 Å². The molecule has 0 saturated heterocycles. The van der Waals surface area contributed by atoms with E-state index < -0.39 is 46.5 Å². The van der Waals surface area contributed by atoms with Gasteiger partial charge in [-0.25, -0.2) is 14.4 Å². The minimum atomic E-state index is -1.60. The average molecular weight is 580 g/mol. The van der Waals surface area contributed by atoms with Crippen molar-refractivity contribution >= 4 is 23.8 Å². The van der Waals surface area contributed by atoms with Crippen LogP contribution in [0.4, 0.5) is 0 Å². The molecule has 1 aliphatic carbocycles. The van der Waals surface area contributed by atoms with Crippen molar-refractivity contribution < 1.29 is 39.2 Å². The molecule has 218 valence electrons. The average Bonchev–Trinajstić information content (AvgIpc) is 3.02. The van der Waals surface area contributed by atoms with E-state index in [4.69, 9.17) is 4.74 Å². The lowest BCUT2D eigenvalue weighted by Crippen LogP contribution is -2.37. The van der Waals surface area contributed by atoms with Gasteiger partial charge in [0, 0.05) is 12.1 Å². The number of amides is 1. The first-order valence-corrected chi connectivity index (χ1v) is 13.7. The molecule has 4 aromatic carbocycles. The quantitative estimate of drug-likeness (QED) is 0.214. The standard InChI is InChI=1S/C34H29NO8/c1-43-30-12-5-4-10-24(30)22-15-13-20(14-16-22)19-35(29-11-6-8-21-7-2-3-9-23(21)29)31(36)25-17-27(33(39)40)28(34(41)42)18-26(25)32(37)38/h2-5,7,9-10,12-18,29H,6,8,11,19H2,1H3,(H,37,38)(H,39,40)(H,41,42)/t29-/m0/s1. The minimum Gasteiger partial charge on any atom is -0.496 e. The SMILES string of the molecule is COc1ccccc1-c1ccc(CN(C(=O)c2cc(C(=O)O)c(C(=O)O)cc2C(=O)O)[C@H]2CCCc3ccccc32)cc1. The topological polar surface area (TPSA) is 141 Å². The van der Waals surface area contributed by atoms with Crippen molar-refractivity contribution in [2.75, 3.05) is 7.11 Å². The van der Waals surface area contributed by atoms with Gasteiger partial charge in [0.2, 0.25) is 0 Å². The van der Waals surface area contributed by atoms with Crippen LogP contribution in [0.2, 0.25) is 0 Å². The van der Waals surface area contributed by atoms with E-state index in [9.17, 15) is 34.5 Å². The highest BCUT2D eigenvalue weighted by molar-refractivity contribution is 6.10. The third-order valence-corrected chi connectivity index (χ3v) is 7.78. The second-order valence-electron chi connectivity index (χ2n) is 10.3. The Morgan fingerprint density at radius 1 is 0.767 bits per heavy atom. The molecule has 3 N–H and O–H groups in total. The number of carboxylic acid groups (broad SMARTS) is 3. The van der Waals surface area contributed by atoms with Gasteiger partial charge >= 0.3 is 17.9 Å². The van der Waals surface area contributed by atoms with E-state index in [1.54, 1.807) is 12.0 Å². The highest BCUT2D eigenvalue weighted by Gasteiger charge is 2.33. The summed E-state index contributed by atoms with van der Waals surface area (Å²) < 4.78 is 5.49. The first-order chi connectivity index (χ1) is 20.7. The van der Waals surface area contributed by atoms with Gasteiger partial charge in [0.25, 0.3) is 5.91 Å². The summed E-state index contributed by atoms with van der Waals surface area (Å²) in [7, 11) is 1.60. The molecule has 9 heteroatoms. The number of carbonyl (C=O) groups is 4. The van der Waals surface area contributed by atoms with Crippen LogP contribution in [0, 0.1) is 0 Å². The van der Waals surface area contributed by atoms with E-state index in [2.05, 4.69) is 0 Å². The Hall–Kier alpha value is -5.44. The molecule has 9 nitrogen and oxygen atoms in total. The lowest BCUT2D eigenvalue weighted by atomic mass is 9.86. The summed E-state index contributed by atoms with van der Waals surface area (Å²) in [5.74, 6) is -4.71. The van der Waals surface area contributed by atoms with E-state index in [1.165, 1.54) is 0 Å². The molecule has 0 fully saturated rings. The lowest BCUT2D eigenvalue weighted by Gasteiger charge is -2.36. The summed E-state index contributed by atoms with van der Waals surface area (Å²) in [4.78, 5) is 51.8. The number of carboxylic acids is 3. The zero-order valence-corrected chi connectivity index (χ0v) is 23.3. The monoisotopic (exact) mass is 579 g/mol. The van der Waals surface area contributed by atoms with Crippen LogP contribution in [-0.2, 0) is 13.0 Å². The van der Waals surface area contributed by atoms with Gasteiger partial charge in [-0.15, -0.1) is 0 Å². The Balaban J connectivity index is 1.60. The number of benzene rings is 4. The van der Waals surface area contributed by atoms with Gasteiger partial charge in [-0.1, -0.05) is 66.7 Å². The predicted octanol–water partition coefficient (Wildman–Crippen LogP) is 6.18. The number of fused-ring (bicyclic) bond motifs is 1. The Morgan fingerprint density at radius 3 is 2.00 bits per heavy atom. The van der Waals surface area contributed by atoms with E-state index >= 15 is 0 Å². The van der Waals surface area contributed by atoms with Gasteiger partial charge in [0.05, 0.1) is 35.4 Å². The molecule has 0 spiro atoms. The zero-order chi connectivity index (χ0) is 30.7. The highest BCUT2D eigenvalue weighted by Crippen LogP contribution is 2.37. The largest absolute Gasteiger partial charge is 0.496 e. The number of carbonyl (C=O) groups excluding carboxylic acids is 1. The minimum absolute atomic E-state index is 0.103. The molecule has 4 aromatic rings. The van der Waals surface area contributed by atoms with Gasteiger partial charge in [0.15, 0.2) is 0 Å². The zero-order valence-electron chi connectivity index (χ0n) is 23.3. The lowest BCUT2D eigenvalue weighted by molar-refractivity contribution is 0.0611. The van der Waals surface area contributed by atoms with Crippen molar-refractivity contribution in [3.05, 3.63) is 124 Å². The Bertz CT molecular complexity index is 1730. The van der Waals surface area contributed by atoms with Crippen LogP contribution in [-0.4, -0.2) is 51.1 Å². The normalized spacial score (nSPS) is 13.9. The summed E-state index contributed by atoms with van der Waals surface area (Å²) in [6, 6.07) is 24.1.